The first-order chi connectivity index (χ1) is 13.1. The molecule has 0 amide bonds. The predicted molar refractivity (Wildman–Crippen MR) is 100.0 cm³/mol. The molecule has 2 unspecified atom stereocenters. The van der Waals surface area contributed by atoms with Crippen molar-refractivity contribution in [3.63, 3.8) is 0 Å². The Balaban J connectivity index is 1.71. The van der Waals surface area contributed by atoms with Crippen LogP contribution in [0.25, 0.3) is 0 Å². The quantitative estimate of drug-likeness (QED) is 0.644. The van der Waals surface area contributed by atoms with Gasteiger partial charge in [0.15, 0.2) is 0 Å². The van der Waals surface area contributed by atoms with E-state index in [4.69, 9.17) is 14.2 Å². The zero-order valence-corrected chi connectivity index (χ0v) is 15.4. The monoisotopic (exact) mass is 372 g/mol. The van der Waals surface area contributed by atoms with Crippen molar-refractivity contribution in [2.75, 3.05) is 19.8 Å². The molecule has 3 N–H and O–H groups in total. The lowest BCUT2D eigenvalue weighted by Crippen LogP contribution is -2.28. The molecule has 0 saturated carbocycles. The smallest absolute Gasteiger partial charge is 0.338 e. The fourth-order valence-electron chi connectivity index (χ4n) is 2.97. The van der Waals surface area contributed by atoms with Gasteiger partial charge in [-0.05, 0) is 50.2 Å². The van der Waals surface area contributed by atoms with Gasteiger partial charge in [0.2, 0.25) is 0 Å². The number of esters is 1. The zero-order chi connectivity index (χ0) is 19.2. The molecular weight excluding hydrogens is 348 g/mol. The molecule has 2 aromatic carbocycles. The summed E-state index contributed by atoms with van der Waals surface area (Å²) in [6.07, 6.45) is -0.234. The highest BCUT2D eigenvalue weighted by Crippen LogP contribution is 2.33. The third kappa shape index (κ3) is 4.50. The third-order valence-corrected chi connectivity index (χ3v) is 4.23. The molecule has 3 rings (SSSR count). The van der Waals surface area contributed by atoms with Crippen molar-refractivity contribution < 1.29 is 24.1 Å². The first-order valence-electron chi connectivity index (χ1n) is 9.00. The highest BCUT2D eigenvalue weighted by atomic mass is 16.5. The highest BCUT2D eigenvalue weighted by Gasteiger charge is 2.32. The number of rotatable bonds is 7. The minimum Gasteiger partial charge on any atom is -0.507 e. The van der Waals surface area contributed by atoms with E-state index >= 15 is 0 Å². The summed E-state index contributed by atoms with van der Waals surface area (Å²) in [5.41, 5.74) is 7.39. The summed E-state index contributed by atoms with van der Waals surface area (Å²) in [6.45, 7) is 5.10. The van der Waals surface area contributed by atoms with Crippen LogP contribution in [0.5, 0.6) is 17.2 Å². The van der Waals surface area contributed by atoms with Gasteiger partial charge < -0.3 is 19.3 Å². The Labute approximate surface area is 158 Å². The Kier molecular flexibility index (Phi) is 6.16. The minimum absolute atomic E-state index is 0.147. The Hall–Kier alpha value is -2.77. The predicted octanol–water partition coefficient (Wildman–Crippen LogP) is 2.56. The van der Waals surface area contributed by atoms with E-state index < -0.39 is 0 Å². The Morgan fingerprint density at radius 1 is 1.11 bits per heavy atom. The molecule has 1 fully saturated rings. The van der Waals surface area contributed by atoms with E-state index in [1.54, 1.807) is 37.3 Å². The molecule has 27 heavy (non-hydrogen) atoms. The number of phenols is 1. The number of phenolic OH excluding ortho intramolecular Hbond substituents is 1. The van der Waals surface area contributed by atoms with Crippen LogP contribution < -0.4 is 20.3 Å². The van der Waals surface area contributed by atoms with E-state index in [1.165, 1.54) is 0 Å². The van der Waals surface area contributed by atoms with Crippen molar-refractivity contribution in [2.45, 2.75) is 26.0 Å². The van der Waals surface area contributed by atoms with Crippen LogP contribution in [0, 0.1) is 0 Å². The highest BCUT2D eigenvalue weighted by molar-refractivity contribution is 5.89. The zero-order valence-electron chi connectivity index (χ0n) is 15.4. The van der Waals surface area contributed by atoms with Gasteiger partial charge in [-0.15, -0.1) is 0 Å². The van der Waals surface area contributed by atoms with E-state index in [9.17, 15) is 9.90 Å². The lowest BCUT2D eigenvalue weighted by molar-refractivity contribution is 0.0526. The second-order valence-corrected chi connectivity index (χ2v) is 6.06. The first-order valence-corrected chi connectivity index (χ1v) is 9.00. The van der Waals surface area contributed by atoms with Crippen LogP contribution in [0.2, 0.25) is 0 Å². The molecule has 7 heteroatoms. The number of carbonyl (C=O) groups excluding carboxylic acids is 1. The molecule has 144 valence electrons. The maximum absolute atomic E-state index is 11.7. The molecule has 1 saturated heterocycles. The fourth-order valence-corrected chi connectivity index (χ4v) is 2.97. The van der Waals surface area contributed by atoms with E-state index in [1.807, 2.05) is 19.1 Å². The Bertz CT molecular complexity index is 778. The second kappa shape index (κ2) is 8.75. The van der Waals surface area contributed by atoms with Gasteiger partial charge in [0.05, 0.1) is 24.8 Å². The second-order valence-electron chi connectivity index (χ2n) is 6.06. The molecule has 0 aliphatic carbocycles. The van der Waals surface area contributed by atoms with Crippen LogP contribution in [0.3, 0.4) is 0 Å². The SMILES string of the molecule is CCOC(=O)c1ccc(OC2CNNC2c2ccc(OCC)cc2O)cc1. The van der Waals surface area contributed by atoms with E-state index in [0.29, 0.717) is 36.8 Å². The molecule has 1 aliphatic rings. The average Bonchev–Trinajstić information content (AvgIpc) is 3.11. The molecule has 1 heterocycles. The molecular formula is C20H24N2O5. The lowest BCUT2D eigenvalue weighted by atomic mass is 10.0. The summed E-state index contributed by atoms with van der Waals surface area (Å²) in [4.78, 5) is 11.7. The Morgan fingerprint density at radius 3 is 2.52 bits per heavy atom. The van der Waals surface area contributed by atoms with Crippen molar-refractivity contribution in [3.05, 3.63) is 53.6 Å². The van der Waals surface area contributed by atoms with Gasteiger partial charge >= 0.3 is 5.97 Å². The topological polar surface area (TPSA) is 89.1 Å². The van der Waals surface area contributed by atoms with Crippen LogP contribution >= 0.6 is 0 Å². The van der Waals surface area contributed by atoms with Crippen LogP contribution in [0.1, 0.15) is 35.8 Å². The summed E-state index contributed by atoms with van der Waals surface area (Å²) >= 11 is 0. The maximum Gasteiger partial charge on any atom is 0.338 e. The first kappa shape index (κ1) is 19.0. The van der Waals surface area contributed by atoms with Crippen molar-refractivity contribution in [2.24, 2.45) is 0 Å². The van der Waals surface area contributed by atoms with Crippen molar-refractivity contribution in [3.8, 4) is 17.2 Å². The number of aromatic hydroxyl groups is 1. The van der Waals surface area contributed by atoms with E-state index in [0.717, 1.165) is 5.56 Å². The van der Waals surface area contributed by atoms with Crippen LogP contribution in [0.4, 0.5) is 0 Å². The molecule has 2 atom stereocenters. The van der Waals surface area contributed by atoms with Crippen LogP contribution in [-0.4, -0.2) is 36.9 Å². The largest absolute Gasteiger partial charge is 0.507 e. The van der Waals surface area contributed by atoms with Gasteiger partial charge in [0.25, 0.3) is 0 Å². The molecule has 0 radical (unpaired) electrons. The number of hydrogen-bond acceptors (Lipinski definition) is 7. The summed E-state index contributed by atoms with van der Waals surface area (Å²) in [5, 5.41) is 10.4. The third-order valence-electron chi connectivity index (χ3n) is 4.23. The van der Waals surface area contributed by atoms with Crippen molar-refractivity contribution >= 4 is 5.97 Å². The van der Waals surface area contributed by atoms with E-state index in [-0.39, 0.29) is 23.9 Å². The summed E-state index contributed by atoms with van der Waals surface area (Å²) in [6, 6.07) is 11.8. The number of hydrogen-bond donors (Lipinski definition) is 3. The Morgan fingerprint density at radius 2 is 1.85 bits per heavy atom. The molecule has 0 spiro atoms. The molecule has 0 bridgehead atoms. The molecule has 0 aromatic heterocycles. The van der Waals surface area contributed by atoms with Gasteiger partial charge in [-0.3, -0.25) is 5.43 Å². The summed E-state index contributed by atoms with van der Waals surface area (Å²) in [7, 11) is 0. The number of benzene rings is 2. The number of nitrogens with one attached hydrogen (secondary N) is 2. The molecule has 7 nitrogen and oxygen atoms in total. The number of hydrazine groups is 1. The van der Waals surface area contributed by atoms with Gasteiger partial charge in [-0.2, -0.15) is 0 Å². The van der Waals surface area contributed by atoms with Crippen molar-refractivity contribution in [1.82, 2.24) is 10.9 Å². The van der Waals surface area contributed by atoms with E-state index in [2.05, 4.69) is 10.9 Å². The fraction of sp³-hybridized carbons (Fsp3) is 0.350. The number of ether oxygens (including phenoxy) is 3. The summed E-state index contributed by atoms with van der Waals surface area (Å²) < 4.78 is 16.4. The van der Waals surface area contributed by atoms with Gasteiger partial charge in [0.1, 0.15) is 23.4 Å². The molecule has 1 aliphatic heterocycles. The molecule has 2 aromatic rings. The number of carbonyl (C=O) groups is 1. The van der Waals surface area contributed by atoms with Crippen LogP contribution in [-0.2, 0) is 4.74 Å². The van der Waals surface area contributed by atoms with Crippen molar-refractivity contribution in [1.29, 1.82) is 0 Å². The average molecular weight is 372 g/mol. The lowest BCUT2D eigenvalue weighted by Gasteiger charge is -2.21. The van der Waals surface area contributed by atoms with Gasteiger partial charge in [-0.25, -0.2) is 10.2 Å². The minimum atomic E-state index is -0.356. The summed E-state index contributed by atoms with van der Waals surface area (Å²) in [5.74, 6) is 1.05. The van der Waals surface area contributed by atoms with Gasteiger partial charge in [0, 0.05) is 18.2 Å². The van der Waals surface area contributed by atoms with Crippen LogP contribution in [0.15, 0.2) is 42.5 Å². The maximum atomic E-state index is 11.7. The standard InChI is InChI=1S/C20H24N2O5/c1-3-25-15-9-10-16(17(23)11-15)19-18(12-21-22-19)27-14-7-5-13(6-8-14)20(24)26-4-2/h5-11,18-19,21-23H,3-4,12H2,1-2H3. The normalized spacial score (nSPS) is 18.9. The van der Waals surface area contributed by atoms with Gasteiger partial charge in [-0.1, -0.05) is 0 Å².